The van der Waals surface area contributed by atoms with Gasteiger partial charge in [0, 0.05) is 86.9 Å². The van der Waals surface area contributed by atoms with Crippen molar-refractivity contribution in [2.45, 2.75) is 50.0 Å². The van der Waals surface area contributed by atoms with E-state index in [1.165, 1.54) is 18.5 Å². The van der Waals surface area contributed by atoms with Crippen LogP contribution >= 0.6 is 11.6 Å². The van der Waals surface area contributed by atoms with E-state index in [2.05, 4.69) is 30.4 Å². The molecule has 4 aromatic rings. The van der Waals surface area contributed by atoms with Gasteiger partial charge in [0.05, 0.1) is 61.6 Å². The van der Waals surface area contributed by atoms with Crippen LogP contribution in [0.5, 0.6) is 17.2 Å². The molecule has 1 spiro atoms. The number of fused-ring (bicyclic) bond motifs is 4. The van der Waals surface area contributed by atoms with Gasteiger partial charge in [0.15, 0.2) is 11.5 Å². The van der Waals surface area contributed by atoms with Gasteiger partial charge in [-0.15, -0.1) is 0 Å². The summed E-state index contributed by atoms with van der Waals surface area (Å²) < 4.78 is 37.5. The summed E-state index contributed by atoms with van der Waals surface area (Å²) in [5, 5.41) is 6.14. The predicted octanol–water partition coefficient (Wildman–Crippen LogP) is 4.32. The van der Waals surface area contributed by atoms with Gasteiger partial charge in [0.1, 0.15) is 29.8 Å². The molecule has 65 heavy (non-hydrogen) atoms. The minimum Gasteiger partial charge on any atom is -0.493 e. The van der Waals surface area contributed by atoms with Gasteiger partial charge in [-0.1, -0.05) is 11.6 Å². The molecule has 1 atom stereocenters. The Hall–Kier alpha value is -5.95. The van der Waals surface area contributed by atoms with Gasteiger partial charge >= 0.3 is 0 Å². The molecule has 3 fully saturated rings. The van der Waals surface area contributed by atoms with Gasteiger partial charge < -0.3 is 34.1 Å². The standard InChI is InChI=1S/C46H50ClFN8O9/c1-62-38-25-35-31(42(50-27-49-35)51-28-3-4-34(48)33(47)21-28)24-39(38)64-18-2-10-53-13-15-54(16-14-53)17-20-63-19-7-41(58)55-11-8-46(9-12-55)26-65-37-23-30-29(22-32(37)46)44(60)56(45(30)61)36-5-6-40(57)52-43(36)59/h3-4,21-25,27,36H,2,5-20,26H2,1H3,(H,49,50,51)(H,52,57,59). The highest BCUT2D eigenvalue weighted by Gasteiger charge is 2.49. The van der Waals surface area contributed by atoms with Crippen LogP contribution in [0, 0.1) is 5.82 Å². The molecule has 3 saturated heterocycles. The van der Waals surface area contributed by atoms with E-state index in [0.717, 1.165) is 56.2 Å². The summed E-state index contributed by atoms with van der Waals surface area (Å²) in [4.78, 5) is 80.6. The Balaban J connectivity index is 0.669. The molecule has 3 aromatic carbocycles. The summed E-state index contributed by atoms with van der Waals surface area (Å²) in [6, 6.07) is 10.3. The van der Waals surface area contributed by atoms with E-state index in [1.54, 1.807) is 31.4 Å². The van der Waals surface area contributed by atoms with E-state index in [0.29, 0.717) is 98.4 Å². The molecular formula is C46H50ClFN8O9. The molecule has 5 aliphatic rings. The fourth-order valence-electron chi connectivity index (χ4n) is 9.39. The van der Waals surface area contributed by atoms with Gasteiger partial charge in [-0.05, 0) is 62.1 Å². The minimum absolute atomic E-state index is 0.00723. The second-order valence-electron chi connectivity index (χ2n) is 17.0. The Morgan fingerprint density at radius 3 is 2.42 bits per heavy atom. The van der Waals surface area contributed by atoms with Crippen LogP contribution in [-0.2, 0) is 24.5 Å². The summed E-state index contributed by atoms with van der Waals surface area (Å²) in [6.07, 6.45) is 3.99. The molecule has 342 valence electrons. The number of likely N-dealkylation sites (tertiary alicyclic amines) is 1. The van der Waals surface area contributed by atoms with Crippen molar-refractivity contribution in [1.82, 2.24) is 34.9 Å². The second kappa shape index (κ2) is 18.9. The first-order chi connectivity index (χ1) is 31.5. The molecule has 9 rings (SSSR count). The monoisotopic (exact) mass is 912 g/mol. The van der Waals surface area contributed by atoms with Gasteiger partial charge in [0.2, 0.25) is 17.7 Å². The lowest BCUT2D eigenvalue weighted by Crippen LogP contribution is -2.54. The highest BCUT2D eigenvalue weighted by Crippen LogP contribution is 2.48. The number of hydrogen-bond acceptors (Lipinski definition) is 14. The molecule has 0 aliphatic carbocycles. The molecule has 5 amide bonds. The number of ether oxygens (including phenoxy) is 4. The normalized spacial score (nSPS) is 19.6. The first-order valence-corrected chi connectivity index (χ1v) is 22.4. The minimum atomic E-state index is -1.03. The highest BCUT2D eigenvalue weighted by molar-refractivity contribution is 6.31. The van der Waals surface area contributed by atoms with Gasteiger partial charge in [-0.25, -0.2) is 14.4 Å². The van der Waals surface area contributed by atoms with Crippen LogP contribution in [0.3, 0.4) is 0 Å². The van der Waals surface area contributed by atoms with Crippen molar-refractivity contribution in [2.24, 2.45) is 0 Å². The number of imide groups is 2. The molecule has 6 heterocycles. The summed E-state index contributed by atoms with van der Waals surface area (Å²) in [6.45, 7) is 8.21. The van der Waals surface area contributed by atoms with E-state index in [1.807, 2.05) is 11.0 Å². The first kappa shape index (κ1) is 44.3. The number of piperidine rings is 2. The lowest BCUT2D eigenvalue weighted by molar-refractivity contribution is -0.136. The molecule has 2 N–H and O–H groups in total. The molecule has 19 heteroatoms. The first-order valence-electron chi connectivity index (χ1n) is 22.0. The fraction of sp³-hybridized carbons (Fsp3) is 0.457. The van der Waals surface area contributed by atoms with Gasteiger partial charge in [-0.2, -0.15) is 0 Å². The van der Waals surface area contributed by atoms with Crippen molar-refractivity contribution in [3.05, 3.63) is 76.3 Å². The summed E-state index contributed by atoms with van der Waals surface area (Å²) in [5.41, 5.74) is 2.14. The van der Waals surface area contributed by atoms with Crippen molar-refractivity contribution in [3.63, 3.8) is 0 Å². The maximum Gasteiger partial charge on any atom is 0.262 e. The fourth-order valence-corrected chi connectivity index (χ4v) is 9.57. The van der Waals surface area contributed by atoms with Crippen LogP contribution in [0.1, 0.15) is 64.8 Å². The molecule has 1 unspecified atom stereocenters. The summed E-state index contributed by atoms with van der Waals surface area (Å²) in [7, 11) is 1.59. The maximum atomic E-state index is 13.7. The molecule has 1 aromatic heterocycles. The smallest absolute Gasteiger partial charge is 0.262 e. The van der Waals surface area contributed by atoms with Crippen LogP contribution in [0.4, 0.5) is 15.9 Å². The Morgan fingerprint density at radius 2 is 1.68 bits per heavy atom. The van der Waals surface area contributed by atoms with Crippen LogP contribution in [-0.4, -0.2) is 151 Å². The number of rotatable bonds is 15. The van der Waals surface area contributed by atoms with Crippen molar-refractivity contribution in [2.75, 3.05) is 91.2 Å². The number of carbonyl (C=O) groups is 5. The van der Waals surface area contributed by atoms with E-state index in [4.69, 9.17) is 30.5 Å². The largest absolute Gasteiger partial charge is 0.493 e. The maximum absolute atomic E-state index is 13.7. The van der Waals surface area contributed by atoms with Crippen LogP contribution in [0.2, 0.25) is 5.02 Å². The molecule has 0 radical (unpaired) electrons. The number of methoxy groups -OCH3 is 1. The molecule has 0 bridgehead atoms. The van der Waals surface area contributed by atoms with Crippen molar-refractivity contribution in [1.29, 1.82) is 0 Å². The Morgan fingerprint density at radius 1 is 0.923 bits per heavy atom. The van der Waals surface area contributed by atoms with Gasteiger partial charge in [-0.3, -0.25) is 39.1 Å². The number of piperazine rings is 1. The van der Waals surface area contributed by atoms with Crippen molar-refractivity contribution < 1.29 is 47.3 Å². The molecule has 17 nitrogen and oxygen atoms in total. The zero-order chi connectivity index (χ0) is 45.2. The molecular weight excluding hydrogens is 863 g/mol. The third kappa shape index (κ3) is 9.17. The highest BCUT2D eigenvalue weighted by atomic mass is 35.5. The van der Waals surface area contributed by atoms with Crippen LogP contribution < -0.4 is 24.8 Å². The summed E-state index contributed by atoms with van der Waals surface area (Å²) >= 11 is 5.98. The third-order valence-electron chi connectivity index (χ3n) is 13.1. The number of aromatic nitrogens is 2. The van der Waals surface area contributed by atoms with Crippen LogP contribution in [0.25, 0.3) is 10.9 Å². The van der Waals surface area contributed by atoms with E-state index < -0.39 is 40.9 Å². The average Bonchev–Trinajstić information content (AvgIpc) is 3.77. The quantitative estimate of drug-likeness (QED) is 0.127. The number of hydrogen-bond donors (Lipinski definition) is 2. The summed E-state index contributed by atoms with van der Waals surface area (Å²) in [5.74, 6) is -0.437. The second-order valence-corrected chi connectivity index (χ2v) is 17.4. The van der Waals surface area contributed by atoms with E-state index in [9.17, 15) is 28.4 Å². The number of anilines is 2. The third-order valence-corrected chi connectivity index (χ3v) is 13.4. The molecule has 5 aliphatic heterocycles. The Labute approximate surface area is 379 Å². The lowest BCUT2D eigenvalue weighted by Gasteiger charge is -2.38. The number of nitrogens with one attached hydrogen (secondary N) is 2. The van der Waals surface area contributed by atoms with E-state index >= 15 is 0 Å². The average molecular weight is 913 g/mol. The number of amides is 5. The number of benzene rings is 3. The predicted molar refractivity (Wildman–Crippen MR) is 235 cm³/mol. The molecule has 0 saturated carbocycles. The number of halogens is 2. The zero-order valence-corrected chi connectivity index (χ0v) is 36.8. The number of carbonyl (C=O) groups excluding carboxylic acids is 5. The lowest BCUT2D eigenvalue weighted by atomic mass is 9.73. The topological polar surface area (TPSA) is 185 Å². The van der Waals surface area contributed by atoms with Crippen molar-refractivity contribution >= 4 is 63.5 Å². The SMILES string of the molecule is COc1cc2ncnc(Nc3ccc(F)c(Cl)c3)c2cc1OCCCN1CCN(CCOCCC(=O)N2CCC3(CC2)COc2cc4c(cc23)C(=O)N(C2CCC(=O)NC2=O)C4=O)CC1. The van der Waals surface area contributed by atoms with E-state index in [-0.39, 0.29) is 34.9 Å². The Bertz CT molecular complexity index is 2530. The zero-order valence-electron chi connectivity index (χ0n) is 36.0. The van der Waals surface area contributed by atoms with Crippen molar-refractivity contribution in [3.8, 4) is 17.2 Å². The Kier molecular flexibility index (Phi) is 12.9. The van der Waals surface area contributed by atoms with Crippen LogP contribution in [0.15, 0.2) is 48.8 Å². The number of nitrogens with zero attached hydrogens (tertiary/aromatic N) is 6. The van der Waals surface area contributed by atoms with Gasteiger partial charge in [0.25, 0.3) is 11.8 Å².